The summed E-state index contributed by atoms with van der Waals surface area (Å²) in [5, 5.41) is 2.94. The number of ether oxygens (including phenoxy) is 1. The molecule has 4 nitrogen and oxygen atoms in total. The fourth-order valence-electron chi connectivity index (χ4n) is 3.35. The van der Waals surface area contributed by atoms with Gasteiger partial charge in [0, 0.05) is 16.5 Å². The Hall–Kier alpha value is -2.27. The third kappa shape index (κ3) is 4.72. The number of thioether (sulfide) groups is 1. The molecule has 1 amide bonds. The maximum absolute atomic E-state index is 12.5. The van der Waals surface area contributed by atoms with Crippen LogP contribution in [-0.4, -0.2) is 23.7 Å². The van der Waals surface area contributed by atoms with Crippen LogP contribution in [0.25, 0.3) is 0 Å². The molecule has 1 N–H and O–H groups in total. The fraction of sp³-hybridized carbons (Fsp3) is 0.364. The second kappa shape index (κ2) is 8.17. The van der Waals surface area contributed by atoms with E-state index >= 15 is 0 Å². The predicted molar refractivity (Wildman–Crippen MR) is 106 cm³/mol. The highest BCUT2D eigenvalue weighted by Crippen LogP contribution is 2.28. The molecule has 1 saturated carbocycles. The number of carbonyl (C=O) groups excluding carboxylic acids is 2. The molecule has 0 radical (unpaired) electrons. The Morgan fingerprint density at radius 2 is 1.85 bits per heavy atom. The zero-order valence-corrected chi connectivity index (χ0v) is 16.0. The van der Waals surface area contributed by atoms with Crippen molar-refractivity contribution >= 4 is 23.6 Å². The van der Waals surface area contributed by atoms with Gasteiger partial charge in [0.15, 0.2) is 0 Å². The third-order valence-corrected chi connectivity index (χ3v) is 5.91. The predicted octanol–water partition coefficient (Wildman–Crippen LogP) is 3.83. The molecule has 2 aromatic rings. The van der Waals surface area contributed by atoms with Gasteiger partial charge in [0.1, 0.15) is 0 Å². The van der Waals surface area contributed by atoms with Crippen molar-refractivity contribution < 1.29 is 14.3 Å². The van der Waals surface area contributed by atoms with Crippen LogP contribution in [0, 0.1) is 0 Å². The van der Waals surface area contributed by atoms with Gasteiger partial charge in [0.25, 0.3) is 5.91 Å². The standard InChI is InChI=1S/C22H23NO3S/c24-20(14-27-19-12-9-15-7-4-8-17(15)13-19)26-21(16-5-2-1-3-6-16)22(25)23-18-10-11-18/h1-3,5-6,9,12-13,18,21H,4,7-8,10-11,14H2,(H,23,25)/t21-/m1/s1. The summed E-state index contributed by atoms with van der Waals surface area (Å²) in [6.45, 7) is 0. The molecule has 0 bridgehead atoms. The lowest BCUT2D eigenvalue weighted by Crippen LogP contribution is -2.33. The van der Waals surface area contributed by atoms with Crippen LogP contribution in [0.5, 0.6) is 0 Å². The van der Waals surface area contributed by atoms with Crippen LogP contribution in [0.15, 0.2) is 53.4 Å². The van der Waals surface area contributed by atoms with E-state index in [1.165, 1.54) is 29.3 Å². The Morgan fingerprint density at radius 1 is 1.07 bits per heavy atom. The highest BCUT2D eigenvalue weighted by atomic mass is 32.2. The average molecular weight is 381 g/mol. The van der Waals surface area contributed by atoms with E-state index in [4.69, 9.17) is 4.74 Å². The summed E-state index contributed by atoms with van der Waals surface area (Å²) in [6.07, 6.45) is 4.58. The summed E-state index contributed by atoms with van der Waals surface area (Å²) < 4.78 is 5.57. The number of aryl methyl sites for hydroxylation is 2. The number of hydrogen-bond acceptors (Lipinski definition) is 4. The molecule has 0 aliphatic heterocycles. The number of rotatable bonds is 7. The van der Waals surface area contributed by atoms with Gasteiger partial charge in [-0.05, 0) is 55.4 Å². The Balaban J connectivity index is 1.38. The number of amides is 1. The summed E-state index contributed by atoms with van der Waals surface area (Å²) in [5.74, 6) is -0.418. The number of esters is 1. The van der Waals surface area contributed by atoms with Gasteiger partial charge < -0.3 is 10.1 Å². The quantitative estimate of drug-likeness (QED) is 0.585. The molecule has 2 aliphatic carbocycles. The molecule has 140 valence electrons. The molecular formula is C22H23NO3S. The molecule has 0 saturated heterocycles. The van der Waals surface area contributed by atoms with Gasteiger partial charge in [0.2, 0.25) is 6.10 Å². The molecule has 1 atom stereocenters. The number of benzene rings is 2. The summed E-state index contributed by atoms with van der Waals surface area (Å²) in [6, 6.07) is 15.8. The van der Waals surface area contributed by atoms with Gasteiger partial charge >= 0.3 is 5.97 Å². The number of hydrogen-bond donors (Lipinski definition) is 1. The first-order valence-corrected chi connectivity index (χ1v) is 10.5. The Labute approximate surface area is 163 Å². The van der Waals surface area contributed by atoms with E-state index in [0.29, 0.717) is 5.56 Å². The topological polar surface area (TPSA) is 55.4 Å². The van der Waals surface area contributed by atoms with E-state index in [1.807, 2.05) is 30.3 Å². The summed E-state index contributed by atoms with van der Waals surface area (Å²) >= 11 is 1.46. The fourth-order valence-corrected chi connectivity index (χ4v) is 4.09. The van der Waals surface area contributed by atoms with Gasteiger partial charge in [-0.15, -0.1) is 11.8 Å². The second-order valence-corrected chi connectivity index (χ2v) is 8.18. The molecule has 0 aromatic heterocycles. The number of carbonyl (C=O) groups is 2. The lowest BCUT2D eigenvalue weighted by Gasteiger charge is -2.18. The van der Waals surface area contributed by atoms with E-state index in [-0.39, 0.29) is 23.7 Å². The van der Waals surface area contributed by atoms with Gasteiger partial charge in [-0.2, -0.15) is 0 Å². The smallest absolute Gasteiger partial charge is 0.317 e. The minimum atomic E-state index is -0.889. The lowest BCUT2D eigenvalue weighted by atomic mass is 10.1. The summed E-state index contributed by atoms with van der Waals surface area (Å²) in [5.41, 5.74) is 3.51. The maximum atomic E-state index is 12.5. The molecular weight excluding hydrogens is 358 g/mol. The highest BCUT2D eigenvalue weighted by molar-refractivity contribution is 8.00. The van der Waals surface area contributed by atoms with Crippen molar-refractivity contribution in [3.8, 4) is 0 Å². The minimum Gasteiger partial charge on any atom is -0.447 e. The molecule has 4 rings (SSSR count). The van der Waals surface area contributed by atoms with Crippen LogP contribution in [0.1, 0.15) is 42.1 Å². The van der Waals surface area contributed by atoms with Crippen molar-refractivity contribution in [2.24, 2.45) is 0 Å². The average Bonchev–Trinajstić information content (AvgIpc) is 3.38. The Kier molecular flexibility index (Phi) is 5.48. The number of fused-ring (bicyclic) bond motifs is 1. The van der Waals surface area contributed by atoms with E-state index in [0.717, 1.165) is 30.6 Å². The first-order chi connectivity index (χ1) is 13.2. The maximum Gasteiger partial charge on any atom is 0.317 e. The van der Waals surface area contributed by atoms with Gasteiger partial charge in [-0.1, -0.05) is 36.4 Å². The van der Waals surface area contributed by atoms with E-state index in [1.54, 1.807) is 0 Å². The van der Waals surface area contributed by atoms with Crippen molar-refractivity contribution in [1.82, 2.24) is 5.32 Å². The molecule has 2 aliphatic rings. The molecule has 0 unspecified atom stereocenters. The summed E-state index contributed by atoms with van der Waals surface area (Å²) in [4.78, 5) is 26.0. The van der Waals surface area contributed by atoms with E-state index in [2.05, 4.69) is 23.5 Å². The minimum absolute atomic E-state index is 0.193. The normalized spacial score (nSPS) is 16.4. The van der Waals surface area contributed by atoms with Crippen LogP contribution < -0.4 is 5.32 Å². The van der Waals surface area contributed by atoms with Crippen molar-refractivity contribution in [3.63, 3.8) is 0 Å². The molecule has 0 spiro atoms. The molecule has 5 heteroatoms. The van der Waals surface area contributed by atoms with Crippen LogP contribution in [0.4, 0.5) is 0 Å². The molecule has 0 heterocycles. The number of nitrogens with one attached hydrogen (secondary N) is 1. The van der Waals surface area contributed by atoms with Crippen molar-refractivity contribution in [2.45, 2.75) is 49.1 Å². The summed E-state index contributed by atoms with van der Waals surface area (Å²) in [7, 11) is 0. The van der Waals surface area contributed by atoms with Crippen LogP contribution in [0.2, 0.25) is 0 Å². The van der Waals surface area contributed by atoms with Crippen LogP contribution in [-0.2, 0) is 27.2 Å². The molecule has 2 aromatic carbocycles. The van der Waals surface area contributed by atoms with E-state index < -0.39 is 6.10 Å². The SMILES string of the molecule is O=C(CSc1ccc2c(c1)CCC2)O[C@@H](C(=O)NC1CC1)c1ccccc1. The first-order valence-electron chi connectivity index (χ1n) is 9.48. The third-order valence-electron chi connectivity index (χ3n) is 4.94. The zero-order chi connectivity index (χ0) is 18.6. The molecule has 27 heavy (non-hydrogen) atoms. The zero-order valence-electron chi connectivity index (χ0n) is 15.1. The van der Waals surface area contributed by atoms with Gasteiger partial charge in [0.05, 0.1) is 5.75 Å². The Bertz CT molecular complexity index is 833. The highest BCUT2D eigenvalue weighted by Gasteiger charge is 2.30. The van der Waals surface area contributed by atoms with Crippen LogP contribution in [0.3, 0.4) is 0 Å². The van der Waals surface area contributed by atoms with Gasteiger partial charge in [-0.25, -0.2) is 0 Å². The molecule has 1 fully saturated rings. The van der Waals surface area contributed by atoms with Crippen LogP contribution >= 0.6 is 11.8 Å². The monoisotopic (exact) mass is 381 g/mol. The van der Waals surface area contributed by atoms with Crippen molar-refractivity contribution in [1.29, 1.82) is 0 Å². The largest absolute Gasteiger partial charge is 0.447 e. The van der Waals surface area contributed by atoms with E-state index in [9.17, 15) is 9.59 Å². The van der Waals surface area contributed by atoms with Crippen molar-refractivity contribution in [2.75, 3.05) is 5.75 Å². The second-order valence-electron chi connectivity index (χ2n) is 7.14. The lowest BCUT2D eigenvalue weighted by molar-refractivity contribution is -0.154. The van der Waals surface area contributed by atoms with Gasteiger partial charge in [-0.3, -0.25) is 9.59 Å². The first kappa shape index (κ1) is 18.1. The van der Waals surface area contributed by atoms with Crippen molar-refractivity contribution in [3.05, 3.63) is 65.2 Å². The Morgan fingerprint density at radius 3 is 2.63 bits per heavy atom.